The van der Waals surface area contributed by atoms with Crippen LogP contribution >= 0.6 is 0 Å². The van der Waals surface area contributed by atoms with E-state index in [0.29, 0.717) is 0 Å². The van der Waals surface area contributed by atoms with Crippen molar-refractivity contribution < 1.29 is 0 Å². The Morgan fingerprint density at radius 2 is 0.831 bits per heavy atom. The Morgan fingerprint density at radius 1 is 0.338 bits per heavy atom. The molecule has 3 heterocycles. The molecule has 0 radical (unpaired) electrons. The van der Waals surface area contributed by atoms with Gasteiger partial charge < -0.3 is 14.0 Å². The molecule has 2 aromatic heterocycles. The predicted molar refractivity (Wildman–Crippen MR) is 273 cm³/mol. The van der Waals surface area contributed by atoms with Gasteiger partial charge in [0.15, 0.2) is 0 Å². The Bertz CT molecular complexity index is 3750. The zero-order valence-electron chi connectivity index (χ0n) is 35.9. The molecule has 1 aliphatic rings. The number of anilines is 3. The number of hydrogen-bond donors (Lipinski definition) is 0. The van der Waals surface area contributed by atoms with Gasteiger partial charge in [-0.3, -0.25) is 0 Å². The summed E-state index contributed by atoms with van der Waals surface area (Å²) in [4.78, 5) is 2.56. The van der Waals surface area contributed by atoms with E-state index in [4.69, 9.17) is 0 Å². The van der Waals surface area contributed by atoms with Crippen molar-refractivity contribution in [3.63, 3.8) is 0 Å². The van der Waals surface area contributed by atoms with Crippen LogP contribution in [0.5, 0.6) is 0 Å². The Kier molecular flexibility index (Phi) is 8.34. The lowest BCUT2D eigenvalue weighted by Gasteiger charge is -2.45. The molecule has 1 aliphatic heterocycles. The van der Waals surface area contributed by atoms with Crippen LogP contribution in [0.4, 0.5) is 17.1 Å². The normalized spacial score (nSPS) is 14.6. The topological polar surface area (TPSA) is 13.1 Å². The average molecular weight is 830 g/mol. The third-order valence-corrected chi connectivity index (χ3v) is 13.9. The highest BCUT2D eigenvalue weighted by Gasteiger charge is 2.45. The van der Waals surface area contributed by atoms with Gasteiger partial charge in [-0.15, -0.1) is 0 Å². The molecule has 0 saturated carbocycles. The van der Waals surface area contributed by atoms with Crippen molar-refractivity contribution in [2.75, 3.05) is 4.90 Å². The van der Waals surface area contributed by atoms with Gasteiger partial charge >= 0.3 is 0 Å². The van der Waals surface area contributed by atoms with Gasteiger partial charge in [-0.25, -0.2) is 0 Å². The van der Waals surface area contributed by atoms with Crippen LogP contribution in [0.2, 0.25) is 0 Å². The maximum atomic E-state index is 2.56. The van der Waals surface area contributed by atoms with E-state index >= 15 is 0 Å². The van der Waals surface area contributed by atoms with Crippen molar-refractivity contribution in [1.82, 2.24) is 9.13 Å². The van der Waals surface area contributed by atoms with Crippen LogP contribution in [0.1, 0.15) is 23.6 Å². The number of nitrogens with zero attached hydrogens (tertiary/aromatic N) is 3. The molecule has 65 heavy (non-hydrogen) atoms. The summed E-state index contributed by atoms with van der Waals surface area (Å²) in [6, 6.07) is 89.2. The lowest BCUT2D eigenvalue weighted by atomic mass is 9.66. The van der Waals surface area contributed by atoms with Crippen LogP contribution in [0, 0.1) is 0 Å². The summed E-state index contributed by atoms with van der Waals surface area (Å²) in [5.41, 5.74) is 18.4. The number of benzene rings is 10. The minimum absolute atomic E-state index is 0.605. The summed E-state index contributed by atoms with van der Waals surface area (Å²) in [7, 11) is 0. The van der Waals surface area contributed by atoms with Gasteiger partial charge in [0.25, 0.3) is 0 Å². The standard InChI is InChI=1S/C62H43N3/c1-62(46-24-10-4-11-25-46)54-39-37-53-51-30-15-16-31-55(51)63(48-35-33-44(34-36-48)42-19-6-2-7-20-42)60(53)61(54)64(47-26-12-5-13-27-47)57-40-38-52-50-29-14-17-32-56(50)65(59(52)58(57)62)49-28-18-23-45(41-49)43-21-8-3-9-22-43/h2-41H,1H3. The molecule has 0 amide bonds. The molecule has 306 valence electrons. The second kappa shape index (κ2) is 14.6. The van der Waals surface area contributed by atoms with Crippen LogP contribution in [0.3, 0.4) is 0 Å². The molecule has 3 nitrogen and oxygen atoms in total. The van der Waals surface area contributed by atoms with Crippen molar-refractivity contribution in [2.45, 2.75) is 12.3 Å². The molecule has 0 saturated heterocycles. The summed E-state index contributed by atoms with van der Waals surface area (Å²) in [5, 5.41) is 4.92. The molecule has 1 atom stereocenters. The third-order valence-electron chi connectivity index (χ3n) is 13.9. The van der Waals surface area contributed by atoms with Gasteiger partial charge in [-0.05, 0) is 94.9 Å². The first-order chi connectivity index (χ1) is 32.2. The number of fused-ring (bicyclic) bond motifs is 10. The van der Waals surface area contributed by atoms with E-state index in [0.717, 1.165) is 22.7 Å². The highest BCUT2D eigenvalue weighted by molar-refractivity contribution is 6.18. The number of hydrogen-bond acceptors (Lipinski definition) is 1. The van der Waals surface area contributed by atoms with Gasteiger partial charge in [0.2, 0.25) is 0 Å². The Balaban J connectivity index is 1.18. The molecular formula is C62H43N3. The molecule has 3 heteroatoms. The summed E-state index contributed by atoms with van der Waals surface area (Å²) in [6.45, 7) is 2.47. The van der Waals surface area contributed by atoms with E-state index in [1.807, 2.05) is 0 Å². The highest BCUT2D eigenvalue weighted by atomic mass is 15.2. The SMILES string of the molecule is CC1(c2ccccc2)c2ccc3c4ccccc4n(-c4ccc(-c5ccccc5)cc4)c3c2N(c2ccccc2)c2ccc3c4ccccc4n(-c4cccc(-c5ccccc5)c4)c3c21. The highest BCUT2D eigenvalue weighted by Crippen LogP contribution is 2.60. The molecule has 0 fully saturated rings. The minimum Gasteiger partial charge on any atom is -0.309 e. The molecule has 12 aromatic rings. The van der Waals surface area contributed by atoms with E-state index in [9.17, 15) is 0 Å². The second-order valence-corrected chi connectivity index (χ2v) is 17.4. The molecule has 13 rings (SSSR count). The minimum atomic E-state index is -0.605. The van der Waals surface area contributed by atoms with E-state index in [-0.39, 0.29) is 0 Å². The van der Waals surface area contributed by atoms with Crippen LogP contribution in [0.15, 0.2) is 243 Å². The van der Waals surface area contributed by atoms with Gasteiger partial charge in [-0.2, -0.15) is 0 Å². The molecule has 1 unspecified atom stereocenters. The first-order valence-corrected chi connectivity index (χ1v) is 22.5. The van der Waals surface area contributed by atoms with Crippen LogP contribution in [-0.4, -0.2) is 9.13 Å². The van der Waals surface area contributed by atoms with Gasteiger partial charge in [0.1, 0.15) is 0 Å². The largest absolute Gasteiger partial charge is 0.309 e. The molecule has 0 spiro atoms. The van der Waals surface area contributed by atoms with Crippen molar-refractivity contribution in [3.8, 4) is 33.6 Å². The zero-order valence-corrected chi connectivity index (χ0v) is 35.9. The van der Waals surface area contributed by atoms with Crippen LogP contribution in [0.25, 0.3) is 77.2 Å². The number of aromatic nitrogens is 2. The van der Waals surface area contributed by atoms with E-state index < -0.39 is 5.41 Å². The maximum absolute atomic E-state index is 2.56. The maximum Gasteiger partial charge on any atom is 0.0785 e. The molecule has 0 N–H and O–H groups in total. The van der Waals surface area contributed by atoms with Crippen molar-refractivity contribution in [3.05, 3.63) is 259 Å². The Labute approximate surface area is 378 Å². The lowest BCUT2D eigenvalue weighted by molar-refractivity contribution is 0.686. The van der Waals surface area contributed by atoms with Gasteiger partial charge in [-0.1, -0.05) is 188 Å². The van der Waals surface area contributed by atoms with Crippen LogP contribution < -0.4 is 4.90 Å². The Hall–Kier alpha value is -8.40. The second-order valence-electron chi connectivity index (χ2n) is 17.4. The van der Waals surface area contributed by atoms with Gasteiger partial charge in [0, 0.05) is 49.6 Å². The fourth-order valence-electron chi connectivity index (χ4n) is 11.0. The third kappa shape index (κ3) is 5.55. The lowest BCUT2D eigenvalue weighted by Crippen LogP contribution is -2.35. The first kappa shape index (κ1) is 37.2. The van der Waals surface area contributed by atoms with E-state index in [1.54, 1.807) is 0 Å². The summed E-state index contributed by atoms with van der Waals surface area (Å²) in [6.07, 6.45) is 0. The van der Waals surface area contributed by atoms with E-state index in [2.05, 4.69) is 264 Å². The van der Waals surface area contributed by atoms with Crippen molar-refractivity contribution >= 4 is 60.7 Å². The van der Waals surface area contributed by atoms with Crippen molar-refractivity contribution in [1.29, 1.82) is 0 Å². The average Bonchev–Trinajstić information content (AvgIpc) is 3.91. The Morgan fingerprint density at radius 3 is 1.49 bits per heavy atom. The first-order valence-electron chi connectivity index (χ1n) is 22.5. The van der Waals surface area contributed by atoms with E-state index in [1.165, 1.54) is 88.2 Å². The summed E-state index contributed by atoms with van der Waals surface area (Å²) >= 11 is 0. The zero-order chi connectivity index (χ0) is 43.1. The number of rotatable bonds is 6. The fraction of sp³-hybridized carbons (Fsp3) is 0.0323. The van der Waals surface area contributed by atoms with Crippen LogP contribution in [-0.2, 0) is 5.41 Å². The molecule has 0 aliphatic carbocycles. The van der Waals surface area contributed by atoms with Gasteiger partial charge in [0.05, 0.1) is 33.4 Å². The predicted octanol–water partition coefficient (Wildman–Crippen LogP) is 16.4. The molecular weight excluding hydrogens is 787 g/mol. The summed E-state index contributed by atoms with van der Waals surface area (Å²) < 4.78 is 5.05. The smallest absolute Gasteiger partial charge is 0.0785 e. The monoisotopic (exact) mass is 829 g/mol. The molecule has 10 aromatic carbocycles. The summed E-state index contributed by atoms with van der Waals surface area (Å²) in [5.74, 6) is 0. The quantitative estimate of drug-likeness (QED) is 0.163. The molecule has 0 bridgehead atoms. The number of para-hydroxylation sites is 3. The fourth-order valence-corrected chi connectivity index (χ4v) is 11.0. The van der Waals surface area contributed by atoms with Crippen molar-refractivity contribution in [2.24, 2.45) is 0 Å².